The van der Waals surface area contributed by atoms with E-state index in [1.54, 1.807) is 0 Å². The van der Waals surface area contributed by atoms with Gasteiger partial charge in [-0.2, -0.15) is 0 Å². The summed E-state index contributed by atoms with van der Waals surface area (Å²) in [6.45, 7) is 0.192. The van der Waals surface area contributed by atoms with Crippen molar-refractivity contribution >= 4 is 5.91 Å². The van der Waals surface area contributed by atoms with Crippen molar-refractivity contribution < 1.29 is 9.90 Å². The van der Waals surface area contributed by atoms with Gasteiger partial charge in [-0.1, -0.05) is 12.2 Å². The first-order chi connectivity index (χ1) is 10.1. The fourth-order valence-electron chi connectivity index (χ4n) is 6.12. The van der Waals surface area contributed by atoms with Crippen molar-refractivity contribution in [3.8, 4) is 0 Å². The number of hydrogen-bond donors (Lipinski definition) is 2. The quantitative estimate of drug-likeness (QED) is 0.782. The van der Waals surface area contributed by atoms with Crippen molar-refractivity contribution in [2.45, 2.75) is 57.4 Å². The summed E-state index contributed by atoms with van der Waals surface area (Å²) in [7, 11) is 0. The predicted octanol–water partition coefficient (Wildman–Crippen LogP) is 2.65. The zero-order valence-corrected chi connectivity index (χ0v) is 12.8. The zero-order chi connectivity index (χ0) is 14.4. The summed E-state index contributed by atoms with van der Waals surface area (Å²) in [6.07, 6.45) is 13.9. The van der Waals surface area contributed by atoms with E-state index in [0.717, 1.165) is 30.6 Å². The fourth-order valence-corrected chi connectivity index (χ4v) is 6.12. The van der Waals surface area contributed by atoms with Gasteiger partial charge in [0.2, 0.25) is 5.91 Å². The molecule has 0 aliphatic heterocycles. The monoisotopic (exact) mass is 289 g/mol. The van der Waals surface area contributed by atoms with E-state index in [4.69, 9.17) is 5.11 Å². The highest BCUT2D eigenvalue weighted by molar-refractivity contribution is 5.77. The summed E-state index contributed by atoms with van der Waals surface area (Å²) in [4.78, 5) is 12.5. The zero-order valence-electron chi connectivity index (χ0n) is 12.8. The lowest BCUT2D eigenvalue weighted by molar-refractivity contribution is -0.129. The van der Waals surface area contributed by atoms with E-state index in [1.807, 2.05) is 6.08 Å². The lowest BCUT2D eigenvalue weighted by atomic mass is 9.49. The first-order valence-corrected chi connectivity index (χ1v) is 8.73. The molecule has 5 rings (SSSR count). The minimum absolute atomic E-state index is 0.142. The predicted molar refractivity (Wildman–Crippen MR) is 81.5 cm³/mol. The van der Waals surface area contributed by atoms with Gasteiger partial charge < -0.3 is 10.4 Å². The summed E-state index contributed by atoms with van der Waals surface area (Å²) < 4.78 is 0. The van der Waals surface area contributed by atoms with Crippen LogP contribution in [0.1, 0.15) is 51.4 Å². The summed E-state index contributed by atoms with van der Waals surface area (Å²) in [5.74, 6) is 3.21. The molecule has 116 valence electrons. The van der Waals surface area contributed by atoms with Gasteiger partial charge in [0.25, 0.3) is 0 Å². The number of hydrogen-bond acceptors (Lipinski definition) is 2. The van der Waals surface area contributed by atoms with Gasteiger partial charge in [0.05, 0.1) is 0 Å². The molecule has 0 aromatic heterocycles. The Labute approximate surface area is 127 Å². The summed E-state index contributed by atoms with van der Waals surface area (Å²) in [5, 5.41) is 12.3. The Morgan fingerprint density at radius 2 is 1.67 bits per heavy atom. The lowest BCUT2D eigenvalue weighted by Crippen LogP contribution is -2.48. The summed E-state index contributed by atoms with van der Waals surface area (Å²) in [6, 6.07) is 0.142. The second kappa shape index (κ2) is 5.12. The number of aliphatic hydroxyl groups is 1. The highest BCUT2D eigenvalue weighted by Gasteiger charge is 2.51. The smallest absolute Gasteiger partial charge is 0.221 e. The highest BCUT2D eigenvalue weighted by atomic mass is 16.3. The largest absolute Gasteiger partial charge is 0.396 e. The van der Waals surface area contributed by atoms with Gasteiger partial charge in [0.1, 0.15) is 0 Å². The third kappa shape index (κ3) is 2.65. The first kappa shape index (κ1) is 13.8. The molecule has 5 aliphatic rings. The van der Waals surface area contributed by atoms with Crippen LogP contribution in [0.5, 0.6) is 0 Å². The maximum atomic E-state index is 12.5. The first-order valence-electron chi connectivity index (χ1n) is 8.73. The van der Waals surface area contributed by atoms with Gasteiger partial charge in [0, 0.05) is 25.0 Å². The Hall–Kier alpha value is -0.830. The molecule has 4 bridgehead atoms. The van der Waals surface area contributed by atoms with Gasteiger partial charge in [-0.05, 0) is 68.1 Å². The van der Waals surface area contributed by atoms with Crippen molar-refractivity contribution in [1.82, 2.24) is 5.32 Å². The molecule has 0 saturated heterocycles. The van der Waals surface area contributed by atoms with E-state index in [2.05, 4.69) is 11.4 Å². The van der Waals surface area contributed by atoms with Crippen LogP contribution >= 0.6 is 0 Å². The third-order valence-corrected chi connectivity index (χ3v) is 6.45. The summed E-state index contributed by atoms with van der Waals surface area (Å²) >= 11 is 0. The Bertz CT molecular complexity index is 421. The molecule has 4 fully saturated rings. The maximum Gasteiger partial charge on any atom is 0.221 e. The van der Waals surface area contributed by atoms with E-state index in [0.29, 0.717) is 5.41 Å². The molecule has 2 N–H and O–H groups in total. The molecule has 5 aliphatic carbocycles. The summed E-state index contributed by atoms with van der Waals surface area (Å²) in [5.41, 5.74) is 0.331. The second-order valence-electron chi connectivity index (χ2n) is 8.33. The number of nitrogens with one attached hydrogen (secondary N) is 1. The molecular formula is C18H27NO2. The molecule has 21 heavy (non-hydrogen) atoms. The average Bonchev–Trinajstić information content (AvgIpc) is 2.83. The van der Waals surface area contributed by atoms with Crippen molar-refractivity contribution in [3.63, 3.8) is 0 Å². The number of rotatable bonds is 4. The molecule has 0 spiro atoms. The van der Waals surface area contributed by atoms with Crippen molar-refractivity contribution in [2.24, 2.45) is 29.1 Å². The van der Waals surface area contributed by atoms with Gasteiger partial charge in [-0.15, -0.1) is 0 Å². The molecular weight excluding hydrogens is 262 g/mol. The van der Waals surface area contributed by atoms with Crippen LogP contribution in [-0.2, 0) is 4.79 Å². The number of carbonyl (C=O) groups is 1. The van der Waals surface area contributed by atoms with Crippen LogP contribution in [-0.4, -0.2) is 23.7 Å². The molecule has 0 aromatic carbocycles. The number of amides is 1. The molecule has 2 atom stereocenters. The van der Waals surface area contributed by atoms with Crippen LogP contribution in [0.4, 0.5) is 0 Å². The van der Waals surface area contributed by atoms with E-state index < -0.39 is 0 Å². The van der Waals surface area contributed by atoms with Crippen LogP contribution < -0.4 is 5.32 Å². The van der Waals surface area contributed by atoms with Crippen LogP contribution in [0.3, 0.4) is 0 Å². The van der Waals surface area contributed by atoms with Gasteiger partial charge in [-0.25, -0.2) is 0 Å². The Morgan fingerprint density at radius 1 is 1.05 bits per heavy atom. The Balaban J connectivity index is 1.36. The van der Waals surface area contributed by atoms with Crippen LogP contribution in [0.25, 0.3) is 0 Å². The number of aliphatic hydroxyl groups excluding tert-OH is 1. The molecule has 3 heteroatoms. The van der Waals surface area contributed by atoms with Crippen molar-refractivity contribution in [1.29, 1.82) is 0 Å². The molecule has 0 unspecified atom stereocenters. The third-order valence-electron chi connectivity index (χ3n) is 6.45. The highest BCUT2D eigenvalue weighted by Crippen LogP contribution is 2.61. The maximum absolute atomic E-state index is 12.5. The van der Waals surface area contributed by atoms with Gasteiger partial charge in [-0.3, -0.25) is 4.79 Å². The van der Waals surface area contributed by atoms with Gasteiger partial charge in [0.15, 0.2) is 0 Å². The topological polar surface area (TPSA) is 49.3 Å². The average molecular weight is 289 g/mol. The minimum atomic E-state index is 0.142. The molecule has 0 radical (unpaired) electrons. The minimum Gasteiger partial charge on any atom is -0.396 e. The Kier molecular flexibility index (Phi) is 3.36. The number of carbonyl (C=O) groups excluding carboxylic acids is 1. The van der Waals surface area contributed by atoms with Crippen LogP contribution in [0.15, 0.2) is 12.2 Å². The SMILES string of the molecule is O=C(CC12CC3CC(CC(C3)C1)C2)N[C@@H]1C=C[C@H](CO)C1. The van der Waals surface area contributed by atoms with Crippen molar-refractivity contribution in [2.75, 3.05) is 6.61 Å². The van der Waals surface area contributed by atoms with E-state index in [-0.39, 0.29) is 24.5 Å². The molecule has 4 saturated carbocycles. The molecule has 1 amide bonds. The molecule has 0 heterocycles. The van der Waals surface area contributed by atoms with E-state index in [9.17, 15) is 4.79 Å². The van der Waals surface area contributed by atoms with E-state index >= 15 is 0 Å². The van der Waals surface area contributed by atoms with Crippen molar-refractivity contribution in [3.05, 3.63) is 12.2 Å². The molecule has 0 aromatic rings. The normalized spacial score (nSPS) is 47.0. The van der Waals surface area contributed by atoms with Crippen LogP contribution in [0.2, 0.25) is 0 Å². The van der Waals surface area contributed by atoms with Gasteiger partial charge >= 0.3 is 0 Å². The lowest BCUT2D eigenvalue weighted by Gasteiger charge is -2.56. The van der Waals surface area contributed by atoms with Crippen LogP contribution in [0, 0.1) is 29.1 Å². The standard InChI is InChI=1S/C18H27NO2/c20-11-12-1-2-16(6-12)19-17(21)10-18-7-13-3-14(8-18)5-15(4-13)9-18/h1-2,12-16,20H,3-11H2,(H,19,21)/t12-,13?,14?,15?,16+,18?/m0/s1. The fraction of sp³-hybridized carbons (Fsp3) is 0.833. The second-order valence-corrected chi connectivity index (χ2v) is 8.33. The van der Waals surface area contributed by atoms with E-state index in [1.165, 1.54) is 38.5 Å². The Morgan fingerprint density at radius 3 is 2.19 bits per heavy atom. The molecule has 3 nitrogen and oxygen atoms in total.